The fourth-order valence-electron chi connectivity index (χ4n) is 3.31. The molecule has 1 aromatic heterocycles. The van der Waals surface area contributed by atoms with Crippen LogP contribution in [-0.2, 0) is 4.74 Å². The third kappa shape index (κ3) is 2.71. The van der Waals surface area contributed by atoms with E-state index in [-0.39, 0.29) is 11.6 Å². The Bertz CT molecular complexity index is 454. The summed E-state index contributed by atoms with van der Waals surface area (Å²) in [6, 6.07) is 0.137. The van der Waals surface area contributed by atoms with E-state index >= 15 is 0 Å². The zero-order valence-corrected chi connectivity index (χ0v) is 13.3. The van der Waals surface area contributed by atoms with Gasteiger partial charge in [-0.1, -0.05) is 0 Å². The van der Waals surface area contributed by atoms with Crippen LogP contribution < -0.4 is 5.73 Å². The molecule has 0 radical (unpaired) electrons. The first-order chi connectivity index (χ1) is 9.10. The first-order valence-electron chi connectivity index (χ1n) is 7.01. The summed E-state index contributed by atoms with van der Waals surface area (Å²) < 4.78 is 6.09. The first-order valence-corrected chi connectivity index (χ1v) is 8.98. The predicted octanol–water partition coefficient (Wildman–Crippen LogP) is 3.06. The van der Waals surface area contributed by atoms with Gasteiger partial charge in [-0.05, 0) is 44.8 Å². The second-order valence-corrected chi connectivity index (χ2v) is 8.14. The Morgan fingerprint density at radius 2 is 2.32 bits per heavy atom. The number of hydrogen-bond acceptors (Lipinski definition) is 5. The largest absolute Gasteiger partial charge is 0.374 e. The molecule has 3 unspecified atom stereocenters. The zero-order valence-electron chi connectivity index (χ0n) is 11.6. The molecule has 3 heterocycles. The van der Waals surface area contributed by atoms with E-state index < -0.39 is 0 Å². The molecule has 5 heteroatoms. The van der Waals surface area contributed by atoms with Crippen molar-refractivity contribution in [2.45, 2.75) is 44.8 Å². The maximum Gasteiger partial charge on any atom is 0.0900 e. The van der Waals surface area contributed by atoms with E-state index in [4.69, 9.17) is 10.5 Å². The van der Waals surface area contributed by atoms with Crippen LogP contribution in [0.15, 0.2) is 0 Å². The van der Waals surface area contributed by atoms with E-state index in [1.54, 1.807) is 11.3 Å². The van der Waals surface area contributed by atoms with Gasteiger partial charge in [0.2, 0.25) is 0 Å². The molecule has 19 heavy (non-hydrogen) atoms. The summed E-state index contributed by atoms with van der Waals surface area (Å²) in [4.78, 5) is 5.80. The highest BCUT2D eigenvalue weighted by molar-refractivity contribution is 7.99. The maximum absolute atomic E-state index is 6.54. The number of rotatable bonds is 2. The van der Waals surface area contributed by atoms with E-state index in [9.17, 15) is 0 Å². The molecule has 0 aromatic carbocycles. The van der Waals surface area contributed by atoms with Gasteiger partial charge in [0, 0.05) is 23.3 Å². The van der Waals surface area contributed by atoms with Crippen LogP contribution in [0.4, 0.5) is 0 Å². The average Bonchev–Trinajstić information content (AvgIpc) is 2.96. The van der Waals surface area contributed by atoms with Crippen LogP contribution in [0, 0.1) is 19.8 Å². The number of ether oxygens (including phenoxy) is 1. The predicted molar refractivity (Wildman–Crippen MR) is 81.9 cm³/mol. The Hall–Kier alpha value is -0.100. The van der Waals surface area contributed by atoms with Gasteiger partial charge in [0.05, 0.1) is 16.3 Å². The van der Waals surface area contributed by atoms with Gasteiger partial charge in [-0.2, -0.15) is 11.8 Å². The minimum Gasteiger partial charge on any atom is -0.374 e. The van der Waals surface area contributed by atoms with Crippen molar-refractivity contribution in [1.29, 1.82) is 0 Å². The summed E-state index contributed by atoms with van der Waals surface area (Å²) >= 11 is 3.79. The normalized spacial score (nSPS) is 32.9. The number of aryl methyl sites for hydroxylation is 2. The fraction of sp³-hybridized carbons (Fsp3) is 0.786. The summed E-state index contributed by atoms with van der Waals surface area (Å²) in [6.45, 7) is 5.02. The highest BCUT2D eigenvalue weighted by Gasteiger charge is 2.42. The van der Waals surface area contributed by atoms with Crippen LogP contribution in [0.3, 0.4) is 0 Å². The van der Waals surface area contributed by atoms with Crippen molar-refractivity contribution < 1.29 is 4.74 Å². The van der Waals surface area contributed by atoms with Crippen LogP contribution in [0.1, 0.15) is 40.9 Å². The molecule has 3 rings (SSSR count). The van der Waals surface area contributed by atoms with Gasteiger partial charge in [-0.25, -0.2) is 4.98 Å². The molecule has 2 N–H and O–H groups in total. The molecule has 2 saturated heterocycles. The van der Waals surface area contributed by atoms with Crippen molar-refractivity contribution in [3.05, 3.63) is 15.6 Å². The lowest BCUT2D eigenvalue weighted by atomic mass is 9.81. The summed E-state index contributed by atoms with van der Waals surface area (Å²) in [5.74, 6) is 2.93. The van der Waals surface area contributed by atoms with Crippen molar-refractivity contribution in [3.8, 4) is 0 Å². The Morgan fingerprint density at radius 1 is 1.47 bits per heavy atom. The van der Waals surface area contributed by atoms with E-state index in [1.165, 1.54) is 17.1 Å². The van der Waals surface area contributed by atoms with Gasteiger partial charge in [0.25, 0.3) is 0 Å². The highest BCUT2D eigenvalue weighted by Crippen LogP contribution is 2.44. The molecule has 106 valence electrons. The number of thiazole rings is 1. The molecule has 3 atom stereocenters. The summed E-state index contributed by atoms with van der Waals surface area (Å²) in [5.41, 5.74) is 7.79. The van der Waals surface area contributed by atoms with Gasteiger partial charge in [0.15, 0.2) is 0 Å². The topological polar surface area (TPSA) is 48.1 Å². The van der Waals surface area contributed by atoms with Crippen molar-refractivity contribution in [3.63, 3.8) is 0 Å². The van der Waals surface area contributed by atoms with Crippen LogP contribution in [0.5, 0.6) is 0 Å². The number of thioether (sulfide) groups is 1. The van der Waals surface area contributed by atoms with Gasteiger partial charge < -0.3 is 10.5 Å². The van der Waals surface area contributed by atoms with E-state index in [0.717, 1.165) is 35.9 Å². The number of hydrogen-bond donors (Lipinski definition) is 1. The molecular formula is C14H22N2OS2. The lowest BCUT2D eigenvalue weighted by Crippen LogP contribution is -2.42. The number of aromatic nitrogens is 1. The van der Waals surface area contributed by atoms with Gasteiger partial charge in [0.1, 0.15) is 0 Å². The van der Waals surface area contributed by atoms with E-state index in [1.807, 2.05) is 11.8 Å². The third-order valence-electron chi connectivity index (χ3n) is 4.35. The molecule has 0 bridgehead atoms. The van der Waals surface area contributed by atoms with Gasteiger partial charge >= 0.3 is 0 Å². The Kier molecular flexibility index (Phi) is 3.91. The molecule has 2 fully saturated rings. The summed E-state index contributed by atoms with van der Waals surface area (Å²) in [6.07, 6.45) is 3.41. The SMILES string of the molecule is Cc1nc(C)c(C(N)C2CCOC3(CCSC3)C2)s1. The molecule has 0 amide bonds. The molecule has 1 spiro atoms. The lowest BCUT2D eigenvalue weighted by molar-refractivity contribution is -0.0833. The van der Waals surface area contributed by atoms with Crippen molar-refractivity contribution in [2.75, 3.05) is 18.1 Å². The highest BCUT2D eigenvalue weighted by atomic mass is 32.2. The Labute approximate surface area is 123 Å². The summed E-state index contributed by atoms with van der Waals surface area (Å²) in [7, 11) is 0. The Balaban J connectivity index is 1.76. The molecule has 0 aliphatic carbocycles. The molecular weight excluding hydrogens is 276 g/mol. The monoisotopic (exact) mass is 298 g/mol. The first kappa shape index (κ1) is 13.9. The molecule has 1 aromatic rings. The van der Waals surface area contributed by atoms with Crippen molar-refractivity contribution in [1.82, 2.24) is 4.98 Å². The summed E-state index contributed by atoms with van der Waals surface area (Å²) in [5, 5.41) is 1.13. The smallest absolute Gasteiger partial charge is 0.0900 e. The lowest BCUT2D eigenvalue weighted by Gasteiger charge is -2.39. The molecule has 0 saturated carbocycles. The standard InChI is InChI=1S/C14H22N2OS2/c1-9-13(19-10(2)16-9)12(15)11-3-5-17-14(7-11)4-6-18-8-14/h11-12H,3-8,15H2,1-2H3. The van der Waals surface area contributed by atoms with Crippen molar-refractivity contribution in [2.24, 2.45) is 11.7 Å². The van der Waals surface area contributed by atoms with E-state index in [0.29, 0.717) is 5.92 Å². The van der Waals surface area contributed by atoms with Crippen molar-refractivity contribution >= 4 is 23.1 Å². The maximum atomic E-state index is 6.54. The number of nitrogens with zero attached hydrogens (tertiary/aromatic N) is 1. The van der Waals surface area contributed by atoms with Gasteiger partial charge in [-0.3, -0.25) is 0 Å². The number of nitrogens with two attached hydrogens (primary N) is 1. The average molecular weight is 298 g/mol. The Morgan fingerprint density at radius 3 is 2.95 bits per heavy atom. The minimum absolute atomic E-state index is 0.124. The second kappa shape index (κ2) is 5.35. The van der Waals surface area contributed by atoms with E-state index in [2.05, 4.69) is 18.8 Å². The second-order valence-electron chi connectivity index (χ2n) is 5.80. The van der Waals surface area contributed by atoms with Gasteiger partial charge in [-0.15, -0.1) is 11.3 Å². The van der Waals surface area contributed by atoms with Crippen LogP contribution >= 0.6 is 23.1 Å². The van der Waals surface area contributed by atoms with Crippen LogP contribution in [0.2, 0.25) is 0 Å². The molecule has 3 nitrogen and oxygen atoms in total. The molecule has 2 aliphatic rings. The van der Waals surface area contributed by atoms with Crippen LogP contribution in [0.25, 0.3) is 0 Å². The quantitative estimate of drug-likeness (QED) is 0.911. The third-order valence-corrected chi connectivity index (χ3v) is 6.75. The minimum atomic E-state index is 0.124. The fourth-order valence-corrected chi connectivity index (χ4v) is 5.71. The molecule has 2 aliphatic heterocycles. The zero-order chi connectivity index (χ0) is 13.5. The van der Waals surface area contributed by atoms with Crippen LogP contribution in [-0.4, -0.2) is 28.7 Å².